The highest BCUT2D eigenvalue weighted by molar-refractivity contribution is 5.87. The van der Waals surface area contributed by atoms with Crippen molar-refractivity contribution >= 4 is 16.9 Å². The van der Waals surface area contributed by atoms with Crippen LogP contribution in [-0.4, -0.2) is 41.3 Å². The number of nitrogens with zero attached hydrogens (tertiary/aromatic N) is 2. The Hall–Kier alpha value is -3.23. The van der Waals surface area contributed by atoms with Crippen molar-refractivity contribution < 1.29 is 19.5 Å². The number of hydroxylamine groups is 1. The van der Waals surface area contributed by atoms with Crippen LogP contribution in [0.4, 0.5) is 0 Å². The van der Waals surface area contributed by atoms with Crippen molar-refractivity contribution in [2.75, 3.05) is 20.2 Å². The van der Waals surface area contributed by atoms with Gasteiger partial charge in [0.1, 0.15) is 11.5 Å². The van der Waals surface area contributed by atoms with E-state index in [4.69, 9.17) is 9.47 Å². The Kier molecular flexibility index (Phi) is 5.28. The third-order valence-corrected chi connectivity index (χ3v) is 5.37. The zero-order valence-corrected chi connectivity index (χ0v) is 16.0. The van der Waals surface area contributed by atoms with Gasteiger partial charge in [-0.05, 0) is 55.8 Å². The van der Waals surface area contributed by atoms with Gasteiger partial charge in [-0.1, -0.05) is 12.1 Å². The number of pyridine rings is 2. The molecule has 1 fully saturated rings. The molecule has 1 saturated heterocycles. The maximum Gasteiger partial charge on any atom is 0.254 e. The first-order chi connectivity index (χ1) is 14.2. The lowest BCUT2D eigenvalue weighted by molar-refractivity contribution is -0.136. The minimum atomic E-state index is -0.748. The molecule has 0 radical (unpaired) electrons. The number of ether oxygens (including phenoxy) is 2. The van der Waals surface area contributed by atoms with Crippen LogP contribution in [-0.2, 0) is 10.2 Å². The fourth-order valence-electron chi connectivity index (χ4n) is 3.77. The van der Waals surface area contributed by atoms with E-state index in [0.717, 1.165) is 10.9 Å². The smallest absolute Gasteiger partial charge is 0.254 e. The molecule has 1 aliphatic heterocycles. The van der Waals surface area contributed by atoms with E-state index in [1.807, 2.05) is 35.8 Å². The average Bonchev–Trinajstić information content (AvgIpc) is 2.79. The molecule has 3 aromatic rings. The number of methoxy groups -OCH3 is 1. The molecule has 8 heteroatoms. The molecule has 0 atom stereocenters. The molecule has 150 valence electrons. The van der Waals surface area contributed by atoms with Gasteiger partial charge in [0.2, 0.25) is 5.88 Å². The number of amides is 1. The van der Waals surface area contributed by atoms with Crippen molar-refractivity contribution in [2.45, 2.75) is 18.3 Å². The van der Waals surface area contributed by atoms with Gasteiger partial charge < -0.3 is 14.8 Å². The molecule has 0 aliphatic carbocycles. The van der Waals surface area contributed by atoms with E-state index in [1.165, 1.54) is 0 Å². The molecule has 1 amide bonds. The number of carbonyl (C=O) groups excluding carboxylic acids is 1. The fourth-order valence-corrected chi connectivity index (χ4v) is 3.77. The Balaban J connectivity index is 1.62. The van der Waals surface area contributed by atoms with Crippen molar-refractivity contribution in [3.63, 3.8) is 0 Å². The number of fused-ring (bicyclic) bond motifs is 1. The first-order valence-electron chi connectivity index (χ1n) is 9.40. The summed E-state index contributed by atoms with van der Waals surface area (Å²) in [6, 6.07) is 12.8. The fraction of sp³-hybridized carbons (Fsp3) is 0.286. The number of aromatic nitrogens is 2. The zero-order valence-electron chi connectivity index (χ0n) is 16.0. The highest BCUT2D eigenvalue weighted by atomic mass is 16.5. The van der Waals surface area contributed by atoms with Crippen molar-refractivity contribution in [1.82, 2.24) is 20.8 Å². The standard InChI is InChI=1S/C21H22N4O4/c1-28-18-7-6-16-17(8-11-23-19(16)24-18)29-15-4-2-14(3-5-15)21(20(26)25-27)9-12-22-13-10-21/h2-8,11,22,27H,9-10,12-13H2,1H3,(H,25,26). The van der Waals surface area contributed by atoms with Crippen LogP contribution in [0.2, 0.25) is 0 Å². The molecule has 3 N–H and O–H groups in total. The van der Waals surface area contributed by atoms with E-state index in [1.54, 1.807) is 25.4 Å². The van der Waals surface area contributed by atoms with Gasteiger partial charge in [-0.2, -0.15) is 4.98 Å². The molecule has 29 heavy (non-hydrogen) atoms. The van der Waals surface area contributed by atoms with E-state index in [2.05, 4.69) is 15.3 Å². The molecular formula is C21H22N4O4. The van der Waals surface area contributed by atoms with Gasteiger partial charge in [0.15, 0.2) is 5.65 Å². The second kappa shape index (κ2) is 8.02. The minimum absolute atomic E-state index is 0.382. The molecule has 0 unspecified atom stereocenters. The summed E-state index contributed by atoms with van der Waals surface area (Å²) in [6.07, 6.45) is 2.86. The zero-order chi connectivity index (χ0) is 20.3. The number of nitrogens with one attached hydrogen (secondary N) is 2. The number of hydrogen-bond donors (Lipinski definition) is 3. The predicted octanol–water partition coefficient (Wildman–Crippen LogP) is 2.56. The number of carbonyl (C=O) groups is 1. The molecule has 8 nitrogen and oxygen atoms in total. The largest absolute Gasteiger partial charge is 0.481 e. The maximum absolute atomic E-state index is 12.4. The quantitative estimate of drug-likeness (QED) is 0.451. The lowest BCUT2D eigenvalue weighted by atomic mass is 9.72. The Bertz CT molecular complexity index is 1020. The summed E-state index contributed by atoms with van der Waals surface area (Å²) in [6.45, 7) is 1.43. The molecule has 1 aromatic carbocycles. The van der Waals surface area contributed by atoms with Gasteiger partial charge in [-0.15, -0.1) is 0 Å². The highest BCUT2D eigenvalue weighted by Crippen LogP contribution is 2.36. The number of benzene rings is 1. The molecule has 0 bridgehead atoms. The van der Waals surface area contributed by atoms with E-state index >= 15 is 0 Å². The summed E-state index contributed by atoms with van der Waals surface area (Å²) in [5, 5.41) is 13.3. The van der Waals surface area contributed by atoms with Crippen molar-refractivity contribution in [3.05, 3.63) is 54.2 Å². The first kappa shape index (κ1) is 19.1. The van der Waals surface area contributed by atoms with Crippen LogP contribution in [0.15, 0.2) is 48.7 Å². The summed E-state index contributed by atoms with van der Waals surface area (Å²) in [5.74, 6) is 1.36. The molecule has 4 rings (SSSR count). The number of rotatable bonds is 5. The lowest BCUT2D eigenvalue weighted by Crippen LogP contribution is -2.50. The minimum Gasteiger partial charge on any atom is -0.481 e. The van der Waals surface area contributed by atoms with Crippen LogP contribution in [0.1, 0.15) is 18.4 Å². The van der Waals surface area contributed by atoms with Crippen molar-refractivity contribution in [1.29, 1.82) is 0 Å². The second-order valence-electron chi connectivity index (χ2n) is 6.93. The highest BCUT2D eigenvalue weighted by Gasteiger charge is 2.41. The lowest BCUT2D eigenvalue weighted by Gasteiger charge is -2.35. The molecule has 0 saturated carbocycles. The Labute approximate surface area is 167 Å². The van der Waals surface area contributed by atoms with Gasteiger partial charge in [0.25, 0.3) is 5.91 Å². The van der Waals surface area contributed by atoms with Crippen molar-refractivity contribution in [3.8, 4) is 17.4 Å². The van der Waals surface area contributed by atoms with Crippen molar-refractivity contribution in [2.24, 2.45) is 0 Å². The van der Waals surface area contributed by atoms with E-state index in [-0.39, 0.29) is 5.91 Å². The monoisotopic (exact) mass is 394 g/mol. The van der Waals surface area contributed by atoms with E-state index in [0.29, 0.717) is 49.0 Å². The second-order valence-corrected chi connectivity index (χ2v) is 6.93. The molecule has 1 aliphatic rings. The number of hydrogen-bond acceptors (Lipinski definition) is 7. The van der Waals surface area contributed by atoms with Crippen LogP contribution >= 0.6 is 0 Å². The summed E-state index contributed by atoms with van der Waals surface area (Å²) < 4.78 is 11.2. The third kappa shape index (κ3) is 3.59. The predicted molar refractivity (Wildman–Crippen MR) is 106 cm³/mol. The summed E-state index contributed by atoms with van der Waals surface area (Å²) in [4.78, 5) is 21.0. The average molecular weight is 394 g/mol. The van der Waals surface area contributed by atoms with Gasteiger partial charge >= 0.3 is 0 Å². The number of piperidine rings is 1. The molecular weight excluding hydrogens is 372 g/mol. The van der Waals surface area contributed by atoms with Crippen LogP contribution < -0.4 is 20.3 Å². The Morgan fingerprint density at radius 3 is 2.59 bits per heavy atom. The third-order valence-electron chi connectivity index (χ3n) is 5.37. The molecule has 2 aromatic heterocycles. The summed E-state index contributed by atoms with van der Waals surface area (Å²) >= 11 is 0. The summed E-state index contributed by atoms with van der Waals surface area (Å²) in [5.41, 5.74) is 2.47. The normalized spacial score (nSPS) is 15.7. The van der Waals surface area contributed by atoms with E-state index < -0.39 is 5.41 Å². The topological polar surface area (TPSA) is 106 Å². The Morgan fingerprint density at radius 2 is 1.90 bits per heavy atom. The maximum atomic E-state index is 12.4. The van der Waals surface area contributed by atoms with Crippen LogP contribution in [0, 0.1) is 0 Å². The molecule has 3 heterocycles. The first-order valence-corrected chi connectivity index (χ1v) is 9.40. The van der Waals surface area contributed by atoms with E-state index in [9.17, 15) is 10.0 Å². The van der Waals surface area contributed by atoms with Crippen LogP contribution in [0.3, 0.4) is 0 Å². The Morgan fingerprint density at radius 1 is 1.14 bits per heavy atom. The van der Waals surface area contributed by atoms with Gasteiger partial charge in [0.05, 0.1) is 17.9 Å². The van der Waals surface area contributed by atoms with Gasteiger partial charge in [0, 0.05) is 12.3 Å². The summed E-state index contributed by atoms with van der Waals surface area (Å²) in [7, 11) is 1.56. The van der Waals surface area contributed by atoms with Crippen LogP contribution in [0.25, 0.3) is 11.0 Å². The van der Waals surface area contributed by atoms with Crippen LogP contribution in [0.5, 0.6) is 17.4 Å². The molecule has 0 spiro atoms. The van der Waals surface area contributed by atoms with Gasteiger partial charge in [-0.25, -0.2) is 10.5 Å². The SMILES string of the molecule is COc1ccc2c(Oc3ccc(C4(C(=O)NO)CCNCC4)cc3)ccnc2n1. The van der Waals surface area contributed by atoms with Gasteiger partial charge in [-0.3, -0.25) is 10.0 Å².